The van der Waals surface area contributed by atoms with Crippen molar-refractivity contribution in [2.75, 3.05) is 0 Å². The van der Waals surface area contributed by atoms with Gasteiger partial charge in [0.2, 0.25) is 0 Å². The minimum absolute atomic E-state index is 0.0562. The maximum atomic E-state index is 8.80. The van der Waals surface area contributed by atoms with E-state index < -0.39 is 0 Å². The Hall–Kier alpha value is -1.04. The van der Waals surface area contributed by atoms with Crippen molar-refractivity contribution in [3.63, 3.8) is 0 Å². The summed E-state index contributed by atoms with van der Waals surface area (Å²) < 4.78 is 5.66. The van der Waals surface area contributed by atoms with Crippen LogP contribution in [0.1, 0.15) is 30.9 Å². The van der Waals surface area contributed by atoms with Crippen LogP contribution < -0.4 is 0 Å². The third-order valence-electron chi connectivity index (χ3n) is 2.65. The van der Waals surface area contributed by atoms with E-state index in [0.29, 0.717) is 0 Å². The van der Waals surface area contributed by atoms with Crippen LogP contribution in [0, 0.1) is 11.3 Å². The Bertz CT molecular complexity index is 368. The van der Waals surface area contributed by atoms with E-state index in [2.05, 4.69) is 6.07 Å². The largest absolute Gasteiger partial charge is 0.355 e. The Morgan fingerprint density at radius 2 is 2.00 bits per heavy atom. The van der Waals surface area contributed by atoms with Gasteiger partial charge in [-0.1, -0.05) is 23.7 Å². The van der Waals surface area contributed by atoms with Gasteiger partial charge in [0.15, 0.2) is 0 Å². The highest BCUT2D eigenvalue weighted by Crippen LogP contribution is 2.31. The van der Waals surface area contributed by atoms with Crippen molar-refractivity contribution in [2.24, 2.45) is 0 Å². The number of rotatable bonds is 1. The third-order valence-corrected chi connectivity index (χ3v) is 2.90. The van der Waals surface area contributed by atoms with Crippen LogP contribution >= 0.6 is 11.6 Å². The van der Waals surface area contributed by atoms with Gasteiger partial charge in [0.25, 0.3) is 0 Å². The van der Waals surface area contributed by atoms with Crippen molar-refractivity contribution in [2.45, 2.75) is 31.5 Å². The van der Waals surface area contributed by atoms with Crippen LogP contribution in [0.3, 0.4) is 0 Å². The lowest BCUT2D eigenvalue weighted by molar-refractivity contribution is -0.0228. The summed E-state index contributed by atoms with van der Waals surface area (Å²) in [6, 6.07) is 9.81. The summed E-state index contributed by atoms with van der Waals surface area (Å²) in [6.45, 7) is 0. The van der Waals surface area contributed by atoms with E-state index in [0.717, 1.165) is 29.8 Å². The summed E-state index contributed by atoms with van der Waals surface area (Å²) in [5, 5.41) is 9.53. The first-order valence-corrected chi connectivity index (χ1v) is 5.48. The van der Waals surface area contributed by atoms with Gasteiger partial charge < -0.3 is 4.74 Å². The molecule has 0 aromatic heterocycles. The number of nitriles is 1. The Morgan fingerprint density at radius 1 is 1.27 bits per heavy atom. The maximum absolute atomic E-state index is 8.80. The topological polar surface area (TPSA) is 33.0 Å². The molecular formula is C12H12ClNO. The van der Waals surface area contributed by atoms with Gasteiger partial charge in [-0.3, -0.25) is 0 Å². The molecule has 0 N–H and O–H groups in total. The monoisotopic (exact) mass is 221 g/mol. The van der Waals surface area contributed by atoms with Crippen molar-refractivity contribution in [3.05, 3.63) is 34.9 Å². The highest BCUT2D eigenvalue weighted by molar-refractivity contribution is 6.30. The zero-order valence-electron chi connectivity index (χ0n) is 8.32. The fraction of sp³-hybridized carbons (Fsp3) is 0.417. The van der Waals surface area contributed by atoms with Gasteiger partial charge in [-0.2, -0.15) is 5.26 Å². The van der Waals surface area contributed by atoms with Crippen LogP contribution in [0.2, 0.25) is 5.02 Å². The lowest BCUT2D eigenvalue weighted by atomic mass is 9.99. The molecule has 1 aromatic rings. The number of benzene rings is 1. The standard InChI is InChI=1S/C12H12ClNO/c13-10-6-4-9(5-7-10)12-3-1-2-11(8-14)15-12/h4-7,11-12H,1-3H2/t11-,12+/m1/s1. The Kier molecular flexibility index (Phi) is 3.25. The van der Waals surface area contributed by atoms with Crippen LogP contribution in [0.25, 0.3) is 0 Å². The molecule has 1 fully saturated rings. The molecule has 2 nitrogen and oxygen atoms in total. The van der Waals surface area contributed by atoms with Crippen molar-refractivity contribution in [1.29, 1.82) is 5.26 Å². The Labute approximate surface area is 94.4 Å². The first kappa shape index (κ1) is 10.5. The highest BCUT2D eigenvalue weighted by Gasteiger charge is 2.22. The molecule has 2 rings (SSSR count). The molecule has 0 aliphatic carbocycles. The van der Waals surface area contributed by atoms with Gasteiger partial charge in [-0.15, -0.1) is 0 Å². The first-order valence-electron chi connectivity index (χ1n) is 5.10. The summed E-state index contributed by atoms with van der Waals surface area (Å²) in [4.78, 5) is 0. The van der Waals surface area contributed by atoms with E-state index >= 15 is 0 Å². The summed E-state index contributed by atoms with van der Waals surface area (Å²) in [5.41, 5.74) is 1.11. The smallest absolute Gasteiger partial charge is 0.144 e. The van der Waals surface area contributed by atoms with Crippen LogP contribution in [0.4, 0.5) is 0 Å². The molecule has 0 radical (unpaired) electrons. The van der Waals surface area contributed by atoms with E-state index in [-0.39, 0.29) is 12.2 Å². The molecule has 2 atom stereocenters. The molecule has 0 amide bonds. The fourth-order valence-electron chi connectivity index (χ4n) is 1.84. The van der Waals surface area contributed by atoms with Crippen molar-refractivity contribution in [3.8, 4) is 6.07 Å². The van der Waals surface area contributed by atoms with E-state index in [1.165, 1.54) is 0 Å². The highest BCUT2D eigenvalue weighted by atomic mass is 35.5. The van der Waals surface area contributed by atoms with Crippen LogP contribution in [0.5, 0.6) is 0 Å². The fourth-order valence-corrected chi connectivity index (χ4v) is 1.97. The second-order valence-electron chi connectivity index (χ2n) is 3.72. The van der Waals surface area contributed by atoms with Crippen molar-refractivity contribution in [1.82, 2.24) is 0 Å². The molecule has 0 spiro atoms. The predicted molar refractivity (Wildman–Crippen MR) is 58.5 cm³/mol. The number of hydrogen-bond donors (Lipinski definition) is 0. The van der Waals surface area contributed by atoms with E-state index in [4.69, 9.17) is 21.6 Å². The molecule has 0 saturated carbocycles. The zero-order valence-corrected chi connectivity index (χ0v) is 9.07. The molecular weight excluding hydrogens is 210 g/mol. The molecule has 0 bridgehead atoms. The van der Waals surface area contributed by atoms with Gasteiger partial charge in [0.05, 0.1) is 12.2 Å². The van der Waals surface area contributed by atoms with Gasteiger partial charge in [-0.05, 0) is 37.0 Å². The van der Waals surface area contributed by atoms with Crippen molar-refractivity contribution >= 4 is 11.6 Å². The molecule has 78 valence electrons. The van der Waals surface area contributed by atoms with E-state index in [1.807, 2.05) is 24.3 Å². The second-order valence-corrected chi connectivity index (χ2v) is 4.16. The van der Waals surface area contributed by atoms with Crippen LogP contribution in [-0.4, -0.2) is 6.10 Å². The van der Waals surface area contributed by atoms with Gasteiger partial charge >= 0.3 is 0 Å². The third kappa shape index (κ3) is 2.50. The molecule has 1 aliphatic heterocycles. The van der Waals surface area contributed by atoms with Crippen LogP contribution in [-0.2, 0) is 4.74 Å². The lowest BCUT2D eigenvalue weighted by Crippen LogP contribution is -2.20. The molecule has 15 heavy (non-hydrogen) atoms. The average molecular weight is 222 g/mol. The summed E-state index contributed by atoms with van der Waals surface area (Å²) in [7, 11) is 0. The predicted octanol–water partition coefficient (Wildman–Crippen LogP) is 3.47. The zero-order chi connectivity index (χ0) is 10.7. The molecule has 1 aliphatic rings. The van der Waals surface area contributed by atoms with Gasteiger partial charge in [0, 0.05) is 5.02 Å². The Balaban J connectivity index is 2.10. The number of nitrogens with zero attached hydrogens (tertiary/aromatic N) is 1. The maximum Gasteiger partial charge on any atom is 0.144 e. The summed E-state index contributed by atoms with van der Waals surface area (Å²) in [5.74, 6) is 0. The molecule has 1 heterocycles. The second kappa shape index (κ2) is 4.65. The summed E-state index contributed by atoms with van der Waals surface area (Å²) >= 11 is 5.81. The van der Waals surface area contributed by atoms with Crippen molar-refractivity contribution < 1.29 is 4.74 Å². The summed E-state index contributed by atoms with van der Waals surface area (Å²) in [6.07, 6.45) is 2.69. The number of hydrogen-bond acceptors (Lipinski definition) is 2. The minimum atomic E-state index is -0.251. The molecule has 0 unspecified atom stereocenters. The normalized spacial score (nSPS) is 25.9. The van der Waals surface area contributed by atoms with Gasteiger partial charge in [0.1, 0.15) is 6.10 Å². The average Bonchev–Trinajstić information content (AvgIpc) is 2.30. The number of halogens is 1. The molecule has 3 heteroatoms. The Morgan fingerprint density at radius 3 is 2.67 bits per heavy atom. The first-order chi connectivity index (χ1) is 7.29. The van der Waals surface area contributed by atoms with E-state index in [1.54, 1.807) is 0 Å². The SMILES string of the molecule is N#C[C@H]1CCC[C@@H](c2ccc(Cl)cc2)O1. The molecule has 1 aromatic carbocycles. The van der Waals surface area contributed by atoms with Crippen LogP contribution in [0.15, 0.2) is 24.3 Å². The molecule has 1 saturated heterocycles. The lowest BCUT2D eigenvalue weighted by Gasteiger charge is -2.26. The number of ether oxygens (including phenoxy) is 1. The van der Waals surface area contributed by atoms with Gasteiger partial charge in [-0.25, -0.2) is 0 Å². The minimum Gasteiger partial charge on any atom is -0.355 e. The van der Waals surface area contributed by atoms with E-state index in [9.17, 15) is 0 Å². The quantitative estimate of drug-likeness (QED) is 0.728.